The number of para-hydroxylation sites is 1. The maximum absolute atomic E-state index is 12.4. The van der Waals surface area contributed by atoms with E-state index in [0.29, 0.717) is 16.9 Å². The first-order valence-electron chi connectivity index (χ1n) is 8.15. The van der Waals surface area contributed by atoms with Crippen LogP contribution in [0.3, 0.4) is 0 Å². The smallest absolute Gasteiger partial charge is 0.270 e. The van der Waals surface area contributed by atoms with Crippen LogP contribution in [0.4, 0.5) is 11.4 Å². The maximum atomic E-state index is 12.4. The van der Waals surface area contributed by atoms with Crippen LogP contribution < -0.4 is 15.0 Å². The van der Waals surface area contributed by atoms with Crippen LogP contribution in [0.5, 0.6) is 5.75 Å². The predicted octanol–water partition coefficient (Wildman–Crippen LogP) is 3.26. The van der Waals surface area contributed by atoms with Gasteiger partial charge in [-0.1, -0.05) is 12.1 Å². The van der Waals surface area contributed by atoms with E-state index in [0.717, 1.165) is 18.8 Å². The number of rotatable bonds is 5. The fourth-order valence-corrected chi connectivity index (χ4v) is 2.97. The van der Waals surface area contributed by atoms with Gasteiger partial charge in [0, 0.05) is 36.5 Å². The third kappa shape index (κ3) is 3.13. The number of nitrogens with one attached hydrogen (secondary N) is 1. The Morgan fingerprint density at radius 1 is 1.20 bits per heavy atom. The summed E-state index contributed by atoms with van der Waals surface area (Å²) in [5, 5.41) is 14.0. The van der Waals surface area contributed by atoms with E-state index in [1.54, 1.807) is 30.3 Å². The van der Waals surface area contributed by atoms with Gasteiger partial charge in [-0.15, -0.1) is 0 Å². The topological polar surface area (TPSA) is 84.7 Å². The lowest BCUT2D eigenvalue weighted by molar-refractivity contribution is -0.385. The van der Waals surface area contributed by atoms with Crippen LogP contribution in [0.25, 0.3) is 0 Å². The number of carbonyl (C=O) groups is 1. The zero-order valence-electron chi connectivity index (χ0n) is 14.1. The summed E-state index contributed by atoms with van der Waals surface area (Å²) in [5.41, 5.74) is 1.79. The van der Waals surface area contributed by atoms with Crippen molar-refractivity contribution < 1.29 is 14.5 Å². The van der Waals surface area contributed by atoms with Crippen molar-refractivity contribution in [2.75, 3.05) is 18.0 Å². The van der Waals surface area contributed by atoms with Crippen LogP contribution in [-0.2, 0) is 0 Å². The number of hydrogen-bond donors (Lipinski definition) is 1. The van der Waals surface area contributed by atoms with Gasteiger partial charge >= 0.3 is 0 Å². The first-order chi connectivity index (χ1) is 12.0. The Balaban J connectivity index is 2.07. The highest BCUT2D eigenvalue weighted by molar-refractivity contribution is 5.98. The molecule has 1 amide bonds. The summed E-state index contributed by atoms with van der Waals surface area (Å²) in [6, 6.07) is 11.6. The molecule has 1 N–H and O–H groups in total. The molecule has 3 rings (SSSR count). The molecule has 130 valence electrons. The summed E-state index contributed by atoms with van der Waals surface area (Å²) < 4.78 is 5.92. The molecule has 0 aromatic heterocycles. The lowest BCUT2D eigenvalue weighted by atomic mass is 10.1. The molecular weight excluding hydrogens is 322 g/mol. The van der Waals surface area contributed by atoms with Gasteiger partial charge in [-0.05, 0) is 32.0 Å². The summed E-state index contributed by atoms with van der Waals surface area (Å²) in [6.07, 6.45) is -0.780. The molecule has 0 aliphatic carbocycles. The van der Waals surface area contributed by atoms with Crippen molar-refractivity contribution in [3.8, 4) is 5.75 Å². The molecule has 0 unspecified atom stereocenters. The van der Waals surface area contributed by atoms with E-state index in [2.05, 4.69) is 10.2 Å². The van der Waals surface area contributed by atoms with Gasteiger partial charge in [-0.3, -0.25) is 14.9 Å². The Morgan fingerprint density at radius 3 is 2.60 bits per heavy atom. The van der Waals surface area contributed by atoms with Crippen LogP contribution >= 0.6 is 0 Å². The molecular formula is C18H19N3O4. The van der Waals surface area contributed by atoms with Crippen LogP contribution in [0.1, 0.15) is 36.0 Å². The van der Waals surface area contributed by atoms with Crippen LogP contribution in [0.15, 0.2) is 42.5 Å². The van der Waals surface area contributed by atoms with E-state index < -0.39 is 11.2 Å². The number of benzene rings is 2. The second kappa shape index (κ2) is 6.80. The van der Waals surface area contributed by atoms with E-state index in [-0.39, 0.29) is 11.6 Å². The molecule has 0 saturated carbocycles. The fraction of sp³-hybridized carbons (Fsp3) is 0.278. The second-order valence-electron chi connectivity index (χ2n) is 5.64. The molecule has 0 spiro atoms. The molecule has 1 atom stereocenters. The first-order valence-corrected chi connectivity index (χ1v) is 8.15. The first kappa shape index (κ1) is 16.8. The number of nitrogens with zero attached hydrogens (tertiary/aromatic N) is 2. The number of ether oxygens (including phenoxy) is 1. The number of anilines is 1. The number of non-ortho nitro benzene ring substituents is 1. The molecule has 0 fully saturated rings. The monoisotopic (exact) mass is 341 g/mol. The third-order valence-corrected chi connectivity index (χ3v) is 4.25. The largest absolute Gasteiger partial charge is 0.465 e. The minimum atomic E-state index is -0.780. The maximum Gasteiger partial charge on any atom is 0.270 e. The van der Waals surface area contributed by atoms with Crippen molar-refractivity contribution in [2.24, 2.45) is 0 Å². The van der Waals surface area contributed by atoms with E-state index in [9.17, 15) is 14.9 Å². The standard InChI is InChI=1S/C18H19N3O4/c1-3-20(4-2)15-10-9-12(21(23)24)11-14(15)18-19-17(22)13-7-5-6-8-16(13)25-18/h5-11,18H,3-4H2,1-2H3,(H,19,22)/t18-/m1/s1. The normalized spacial score (nSPS) is 15.8. The van der Waals surface area contributed by atoms with Crippen molar-refractivity contribution in [2.45, 2.75) is 20.1 Å². The molecule has 1 aliphatic rings. The zero-order valence-corrected chi connectivity index (χ0v) is 14.1. The third-order valence-electron chi connectivity index (χ3n) is 4.25. The van der Waals surface area contributed by atoms with Gasteiger partial charge in [0.15, 0.2) is 0 Å². The highest BCUT2D eigenvalue weighted by Crippen LogP contribution is 2.35. The average Bonchev–Trinajstić information content (AvgIpc) is 2.62. The number of carbonyl (C=O) groups excluding carboxylic acids is 1. The average molecular weight is 341 g/mol. The molecule has 0 bridgehead atoms. The molecule has 1 heterocycles. The fourth-order valence-electron chi connectivity index (χ4n) is 2.97. The number of hydrogen-bond acceptors (Lipinski definition) is 5. The summed E-state index contributed by atoms with van der Waals surface area (Å²) in [4.78, 5) is 25.2. The van der Waals surface area contributed by atoms with Crippen molar-refractivity contribution in [1.82, 2.24) is 5.32 Å². The Kier molecular flexibility index (Phi) is 4.56. The van der Waals surface area contributed by atoms with E-state index in [1.165, 1.54) is 12.1 Å². The van der Waals surface area contributed by atoms with Gasteiger partial charge in [0.25, 0.3) is 11.6 Å². The lowest BCUT2D eigenvalue weighted by Crippen LogP contribution is -2.38. The molecule has 0 radical (unpaired) electrons. The Hall–Kier alpha value is -3.09. The molecule has 1 aliphatic heterocycles. The van der Waals surface area contributed by atoms with E-state index in [1.807, 2.05) is 13.8 Å². The summed E-state index contributed by atoms with van der Waals surface area (Å²) >= 11 is 0. The van der Waals surface area contributed by atoms with Gasteiger partial charge in [-0.25, -0.2) is 0 Å². The van der Waals surface area contributed by atoms with E-state index in [4.69, 9.17) is 4.74 Å². The number of nitro benzene ring substituents is 1. The van der Waals surface area contributed by atoms with Crippen LogP contribution in [0, 0.1) is 10.1 Å². The van der Waals surface area contributed by atoms with Crippen molar-refractivity contribution in [3.63, 3.8) is 0 Å². The molecule has 7 heteroatoms. The second-order valence-corrected chi connectivity index (χ2v) is 5.64. The Labute approximate surface area is 145 Å². The van der Waals surface area contributed by atoms with Crippen molar-refractivity contribution >= 4 is 17.3 Å². The molecule has 2 aromatic carbocycles. The van der Waals surface area contributed by atoms with Crippen molar-refractivity contribution in [3.05, 3.63) is 63.7 Å². The molecule has 0 saturated heterocycles. The Morgan fingerprint density at radius 2 is 1.92 bits per heavy atom. The van der Waals surface area contributed by atoms with Gasteiger partial charge in [0.1, 0.15) is 5.75 Å². The highest BCUT2D eigenvalue weighted by atomic mass is 16.6. The summed E-state index contributed by atoms with van der Waals surface area (Å²) in [7, 11) is 0. The van der Waals surface area contributed by atoms with Gasteiger partial charge < -0.3 is 15.0 Å². The van der Waals surface area contributed by atoms with Gasteiger partial charge in [0.05, 0.1) is 10.5 Å². The van der Waals surface area contributed by atoms with Crippen LogP contribution in [0.2, 0.25) is 0 Å². The molecule has 2 aromatic rings. The summed E-state index contributed by atoms with van der Waals surface area (Å²) in [5.74, 6) is 0.206. The quantitative estimate of drug-likeness (QED) is 0.666. The lowest BCUT2D eigenvalue weighted by Gasteiger charge is -2.31. The zero-order chi connectivity index (χ0) is 18.0. The number of nitro groups is 1. The molecule has 7 nitrogen and oxygen atoms in total. The number of fused-ring (bicyclic) bond motifs is 1. The minimum Gasteiger partial charge on any atom is -0.465 e. The molecule has 25 heavy (non-hydrogen) atoms. The summed E-state index contributed by atoms with van der Waals surface area (Å²) in [6.45, 7) is 5.48. The van der Waals surface area contributed by atoms with Crippen LogP contribution in [-0.4, -0.2) is 23.9 Å². The minimum absolute atomic E-state index is 0.0392. The van der Waals surface area contributed by atoms with Gasteiger partial charge in [0.2, 0.25) is 6.23 Å². The van der Waals surface area contributed by atoms with Crippen molar-refractivity contribution in [1.29, 1.82) is 0 Å². The SMILES string of the molecule is CCN(CC)c1ccc([N+](=O)[O-])cc1[C@@H]1NC(=O)c2ccccc2O1. The highest BCUT2D eigenvalue weighted by Gasteiger charge is 2.30. The number of amides is 1. The Bertz CT molecular complexity index is 818. The predicted molar refractivity (Wildman–Crippen MR) is 93.9 cm³/mol. The van der Waals surface area contributed by atoms with E-state index >= 15 is 0 Å². The van der Waals surface area contributed by atoms with Gasteiger partial charge in [-0.2, -0.15) is 0 Å².